The molecule has 0 aromatic carbocycles. The van der Waals surface area contributed by atoms with Gasteiger partial charge in [0.25, 0.3) is 5.92 Å². The molecule has 0 amide bonds. The molecule has 14 heavy (non-hydrogen) atoms. The standard InChI is InChI=1S/C10H20F2N2/c1-9(4-6-13(2)3)14-7-5-10(11,12)8-14/h9H,4-8H2,1-3H3. The lowest BCUT2D eigenvalue weighted by Crippen LogP contribution is -2.35. The summed E-state index contributed by atoms with van der Waals surface area (Å²) in [5.74, 6) is -2.45. The second-order valence-corrected chi connectivity index (χ2v) is 4.52. The van der Waals surface area contributed by atoms with Crippen LogP contribution in [0.2, 0.25) is 0 Å². The molecule has 0 N–H and O–H groups in total. The van der Waals surface area contributed by atoms with E-state index in [-0.39, 0.29) is 19.0 Å². The van der Waals surface area contributed by atoms with Crippen LogP contribution in [0.4, 0.5) is 8.78 Å². The van der Waals surface area contributed by atoms with Gasteiger partial charge in [0.2, 0.25) is 0 Å². The van der Waals surface area contributed by atoms with Gasteiger partial charge in [0.1, 0.15) is 0 Å². The van der Waals surface area contributed by atoms with Crippen LogP contribution in [0.15, 0.2) is 0 Å². The smallest absolute Gasteiger partial charge is 0.261 e. The van der Waals surface area contributed by atoms with E-state index in [2.05, 4.69) is 4.90 Å². The minimum absolute atomic E-state index is 0.0271. The van der Waals surface area contributed by atoms with Crippen LogP contribution in [-0.2, 0) is 0 Å². The van der Waals surface area contributed by atoms with E-state index in [9.17, 15) is 8.78 Å². The zero-order valence-electron chi connectivity index (χ0n) is 9.26. The van der Waals surface area contributed by atoms with E-state index in [1.54, 1.807) is 0 Å². The monoisotopic (exact) mass is 206 g/mol. The van der Waals surface area contributed by atoms with Crippen molar-refractivity contribution in [3.8, 4) is 0 Å². The summed E-state index contributed by atoms with van der Waals surface area (Å²) in [6.07, 6.45) is 0.988. The molecule has 0 aliphatic carbocycles. The van der Waals surface area contributed by atoms with E-state index >= 15 is 0 Å². The van der Waals surface area contributed by atoms with Gasteiger partial charge in [0.05, 0.1) is 6.54 Å². The van der Waals surface area contributed by atoms with Crippen molar-refractivity contribution >= 4 is 0 Å². The van der Waals surface area contributed by atoms with Gasteiger partial charge in [-0.05, 0) is 34.0 Å². The minimum atomic E-state index is -2.45. The Kier molecular flexibility index (Phi) is 3.84. The molecule has 1 atom stereocenters. The Morgan fingerprint density at radius 1 is 1.43 bits per heavy atom. The third-order valence-corrected chi connectivity index (χ3v) is 2.82. The van der Waals surface area contributed by atoms with Crippen molar-refractivity contribution in [2.45, 2.75) is 31.7 Å². The number of likely N-dealkylation sites (tertiary alicyclic amines) is 1. The van der Waals surface area contributed by atoms with Crippen LogP contribution in [0.3, 0.4) is 0 Å². The Bertz CT molecular complexity index is 183. The van der Waals surface area contributed by atoms with Crippen molar-refractivity contribution in [2.75, 3.05) is 33.7 Å². The Labute approximate surface area is 84.9 Å². The Hall–Kier alpha value is -0.220. The van der Waals surface area contributed by atoms with Gasteiger partial charge in [-0.1, -0.05) is 0 Å². The van der Waals surface area contributed by atoms with Gasteiger partial charge in [0.15, 0.2) is 0 Å². The average Bonchev–Trinajstić information content (AvgIpc) is 2.41. The first-order valence-electron chi connectivity index (χ1n) is 5.17. The lowest BCUT2D eigenvalue weighted by molar-refractivity contribution is 0.00779. The maximum Gasteiger partial charge on any atom is 0.261 e. The molecule has 1 saturated heterocycles. The highest BCUT2D eigenvalue weighted by atomic mass is 19.3. The van der Waals surface area contributed by atoms with Crippen molar-refractivity contribution in [3.05, 3.63) is 0 Å². The zero-order valence-corrected chi connectivity index (χ0v) is 9.26. The molecule has 0 radical (unpaired) electrons. The molecule has 0 aromatic heterocycles. The second kappa shape index (κ2) is 4.53. The number of halogens is 2. The van der Waals surface area contributed by atoms with Gasteiger partial charge < -0.3 is 4.90 Å². The molecule has 4 heteroatoms. The Morgan fingerprint density at radius 3 is 2.50 bits per heavy atom. The molecule has 2 nitrogen and oxygen atoms in total. The van der Waals surface area contributed by atoms with Crippen LogP contribution >= 0.6 is 0 Å². The molecule has 0 saturated carbocycles. The molecule has 84 valence electrons. The lowest BCUT2D eigenvalue weighted by atomic mass is 10.2. The molecule has 0 spiro atoms. The van der Waals surface area contributed by atoms with E-state index in [0.717, 1.165) is 13.0 Å². The van der Waals surface area contributed by atoms with Gasteiger partial charge in [-0.25, -0.2) is 8.78 Å². The molecule has 0 bridgehead atoms. The summed E-state index contributed by atoms with van der Waals surface area (Å²) in [6, 6.07) is 0.269. The lowest BCUT2D eigenvalue weighted by Gasteiger charge is -2.25. The summed E-state index contributed by atoms with van der Waals surface area (Å²) >= 11 is 0. The molecule has 1 aliphatic rings. The van der Waals surface area contributed by atoms with Gasteiger partial charge >= 0.3 is 0 Å². The van der Waals surface area contributed by atoms with E-state index < -0.39 is 5.92 Å². The average molecular weight is 206 g/mol. The van der Waals surface area contributed by atoms with E-state index in [0.29, 0.717) is 6.54 Å². The van der Waals surface area contributed by atoms with Gasteiger partial charge in [0, 0.05) is 19.0 Å². The van der Waals surface area contributed by atoms with Gasteiger partial charge in [-0.3, -0.25) is 4.90 Å². The maximum absolute atomic E-state index is 12.9. The normalized spacial score (nSPS) is 24.4. The van der Waals surface area contributed by atoms with E-state index in [4.69, 9.17) is 0 Å². The van der Waals surface area contributed by atoms with Gasteiger partial charge in [-0.15, -0.1) is 0 Å². The van der Waals surface area contributed by atoms with Crippen molar-refractivity contribution in [1.82, 2.24) is 9.80 Å². The van der Waals surface area contributed by atoms with Crippen LogP contribution in [0, 0.1) is 0 Å². The molecule has 1 fully saturated rings. The molecule has 1 heterocycles. The first kappa shape index (κ1) is 11.9. The number of alkyl halides is 2. The van der Waals surface area contributed by atoms with Crippen molar-refractivity contribution in [2.24, 2.45) is 0 Å². The zero-order chi connectivity index (χ0) is 10.8. The quantitative estimate of drug-likeness (QED) is 0.690. The van der Waals surface area contributed by atoms with E-state index in [1.807, 2.05) is 25.9 Å². The van der Waals surface area contributed by atoms with Crippen LogP contribution in [0.1, 0.15) is 19.8 Å². The Morgan fingerprint density at radius 2 is 2.07 bits per heavy atom. The molecule has 1 aliphatic heterocycles. The molecule has 0 aromatic rings. The van der Waals surface area contributed by atoms with Crippen LogP contribution in [0.25, 0.3) is 0 Å². The second-order valence-electron chi connectivity index (χ2n) is 4.52. The number of hydrogen-bond acceptors (Lipinski definition) is 2. The topological polar surface area (TPSA) is 6.48 Å². The highest BCUT2D eigenvalue weighted by Gasteiger charge is 2.39. The predicted molar refractivity (Wildman–Crippen MR) is 53.8 cm³/mol. The highest BCUT2D eigenvalue weighted by molar-refractivity contribution is 4.84. The van der Waals surface area contributed by atoms with Crippen molar-refractivity contribution in [3.63, 3.8) is 0 Å². The summed E-state index contributed by atoms with van der Waals surface area (Å²) in [5.41, 5.74) is 0. The third kappa shape index (κ3) is 3.50. The number of rotatable bonds is 4. The highest BCUT2D eigenvalue weighted by Crippen LogP contribution is 2.28. The number of nitrogens with zero attached hydrogens (tertiary/aromatic N) is 2. The van der Waals surface area contributed by atoms with Crippen LogP contribution in [-0.4, -0.2) is 55.5 Å². The molecule has 1 rings (SSSR count). The minimum Gasteiger partial charge on any atom is -0.309 e. The molecule has 1 unspecified atom stereocenters. The first-order chi connectivity index (χ1) is 6.41. The fourth-order valence-corrected chi connectivity index (χ4v) is 1.77. The Balaban J connectivity index is 2.29. The summed E-state index contributed by atoms with van der Waals surface area (Å²) < 4.78 is 25.8. The van der Waals surface area contributed by atoms with Gasteiger partial charge in [-0.2, -0.15) is 0 Å². The van der Waals surface area contributed by atoms with Crippen molar-refractivity contribution in [1.29, 1.82) is 0 Å². The predicted octanol–water partition coefficient (Wildman–Crippen LogP) is 1.67. The summed E-state index contributed by atoms with van der Waals surface area (Å²) in [5, 5.41) is 0. The fraction of sp³-hybridized carbons (Fsp3) is 1.00. The number of hydrogen-bond donors (Lipinski definition) is 0. The molecular weight excluding hydrogens is 186 g/mol. The van der Waals surface area contributed by atoms with Crippen molar-refractivity contribution < 1.29 is 8.78 Å². The fourth-order valence-electron chi connectivity index (χ4n) is 1.77. The first-order valence-corrected chi connectivity index (χ1v) is 5.17. The van der Waals surface area contributed by atoms with Crippen LogP contribution in [0.5, 0.6) is 0 Å². The molecular formula is C10H20F2N2. The summed E-state index contributed by atoms with van der Waals surface area (Å²) in [4.78, 5) is 3.98. The van der Waals surface area contributed by atoms with E-state index in [1.165, 1.54) is 0 Å². The maximum atomic E-state index is 12.9. The largest absolute Gasteiger partial charge is 0.309 e. The summed E-state index contributed by atoms with van der Waals surface area (Å²) in [7, 11) is 4.01. The SMILES string of the molecule is CC(CCN(C)C)N1CCC(F)(F)C1. The van der Waals surface area contributed by atoms with Crippen LogP contribution < -0.4 is 0 Å². The third-order valence-electron chi connectivity index (χ3n) is 2.82. The summed E-state index contributed by atoms with van der Waals surface area (Å²) in [6.45, 7) is 3.48.